The van der Waals surface area contributed by atoms with Crippen molar-refractivity contribution in [2.75, 3.05) is 16.9 Å². The standard InChI is InChI=1S/C20H16FN5OS/c21-16-8-5-14(6-9-16)19-24-25-20(26(19)22)28-12-18(27)23-17-10-7-13-3-1-2-4-15(13)11-17/h1-11H,12,22H2,(H,23,27). The lowest BCUT2D eigenvalue weighted by Crippen LogP contribution is -2.16. The van der Waals surface area contributed by atoms with Crippen molar-refractivity contribution in [3.63, 3.8) is 0 Å². The first-order valence-corrected chi connectivity index (χ1v) is 9.46. The molecule has 1 amide bonds. The first-order chi connectivity index (χ1) is 13.6. The molecule has 1 aromatic heterocycles. The Morgan fingerprint density at radius 1 is 1.04 bits per heavy atom. The maximum absolute atomic E-state index is 13.1. The normalized spacial score (nSPS) is 10.9. The Labute approximate surface area is 164 Å². The minimum absolute atomic E-state index is 0.131. The summed E-state index contributed by atoms with van der Waals surface area (Å²) in [6, 6.07) is 19.5. The van der Waals surface area contributed by atoms with Gasteiger partial charge in [0.1, 0.15) is 5.82 Å². The predicted molar refractivity (Wildman–Crippen MR) is 109 cm³/mol. The molecule has 0 bridgehead atoms. The number of hydrogen-bond acceptors (Lipinski definition) is 5. The summed E-state index contributed by atoms with van der Waals surface area (Å²) >= 11 is 1.17. The van der Waals surface area contributed by atoms with Crippen LogP contribution in [-0.2, 0) is 4.79 Å². The van der Waals surface area contributed by atoms with E-state index in [9.17, 15) is 9.18 Å². The van der Waals surface area contributed by atoms with Gasteiger partial charge in [0, 0.05) is 11.3 Å². The van der Waals surface area contributed by atoms with Gasteiger partial charge in [-0.3, -0.25) is 4.79 Å². The van der Waals surface area contributed by atoms with Crippen LogP contribution >= 0.6 is 11.8 Å². The van der Waals surface area contributed by atoms with Crippen molar-refractivity contribution in [2.45, 2.75) is 5.16 Å². The summed E-state index contributed by atoms with van der Waals surface area (Å²) in [5, 5.41) is 13.5. The molecule has 4 rings (SSSR count). The highest BCUT2D eigenvalue weighted by atomic mass is 32.2. The molecule has 3 aromatic carbocycles. The lowest BCUT2D eigenvalue weighted by atomic mass is 10.1. The number of carbonyl (C=O) groups excluding carboxylic acids is 1. The molecule has 0 aliphatic rings. The maximum Gasteiger partial charge on any atom is 0.234 e. The summed E-state index contributed by atoms with van der Waals surface area (Å²) in [6.07, 6.45) is 0. The van der Waals surface area contributed by atoms with Gasteiger partial charge in [-0.2, -0.15) is 0 Å². The SMILES string of the molecule is Nn1c(SCC(=O)Nc2ccc3ccccc3c2)nnc1-c1ccc(F)cc1. The zero-order chi connectivity index (χ0) is 19.5. The molecule has 4 aromatic rings. The number of thioether (sulfide) groups is 1. The summed E-state index contributed by atoms with van der Waals surface area (Å²) < 4.78 is 14.4. The van der Waals surface area contributed by atoms with E-state index >= 15 is 0 Å². The van der Waals surface area contributed by atoms with Crippen molar-refractivity contribution in [3.05, 3.63) is 72.5 Å². The smallest absolute Gasteiger partial charge is 0.234 e. The van der Waals surface area contributed by atoms with E-state index in [1.165, 1.54) is 28.6 Å². The van der Waals surface area contributed by atoms with Crippen molar-refractivity contribution in [3.8, 4) is 11.4 Å². The van der Waals surface area contributed by atoms with Crippen LogP contribution in [0.25, 0.3) is 22.2 Å². The van der Waals surface area contributed by atoms with Crippen molar-refractivity contribution in [1.29, 1.82) is 0 Å². The Hall–Kier alpha value is -3.39. The predicted octanol–water partition coefficient (Wildman–Crippen LogP) is 3.68. The van der Waals surface area contributed by atoms with E-state index in [-0.39, 0.29) is 17.5 Å². The fraction of sp³-hybridized carbons (Fsp3) is 0.0500. The fourth-order valence-electron chi connectivity index (χ4n) is 2.77. The number of nitrogen functional groups attached to an aromatic ring is 1. The second kappa shape index (κ2) is 7.69. The third kappa shape index (κ3) is 3.81. The molecule has 0 aliphatic carbocycles. The highest BCUT2D eigenvalue weighted by Gasteiger charge is 2.14. The second-order valence-electron chi connectivity index (χ2n) is 6.08. The van der Waals surface area contributed by atoms with Crippen molar-refractivity contribution < 1.29 is 9.18 Å². The van der Waals surface area contributed by atoms with E-state index in [2.05, 4.69) is 15.5 Å². The van der Waals surface area contributed by atoms with E-state index in [0.717, 1.165) is 16.5 Å². The van der Waals surface area contributed by atoms with Gasteiger partial charge in [0.15, 0.2) is 5.82 Å². The monoisotopic (exact) mass is 393 g/mol. The van der Waals surface area contributed by atoms with Crippen LogP contribution in [0, 0.1) is 5.82 Å². The van der Waals surface area contributed by atoms with E-state index in [4.69, 9.17) is 5.84 Å². The number of amides is 1. The molecule has 0 aliphatic heterocycles. The van der Waals surface area contributed by atoms with Gasteiger partial charge in [0.25, 0.3) is 0 Å². The van der Waals surface area contributed by atoms with E-state index in [0.29, 0.717) is 16.5 Å². The molecule has 1 heterocycles. The summed E-state index contributed by atoms with van der Waals surface area (Å²) in [5.41, 5.74) is 1.37. The van der Waals surface area contributed by atoms with Gasteiger partial charge >= 0.3 is 0 Å². The average molecular weight is 393 g/mol. The number of carbonyl (C=O) groups is 1. The number of halogens is 1. The Bertz CT molecular complexity index is 1140. The summed E-state index contributed by atoms with van der Waals surface area (Å²) in [7, 11) is 0. The highest BCUT2D eigenvalue weighted by Crippen LogP contribution is 2.23. The molecule has 8 heteroatoms. The lowest BCUT2D eigenvalue weighted by Gasteiger charge is -2.07. The van der Waals surface area contributed by atoms with Gasteiger partial charge in [-0.25, -0.2) is 9.07 Å². The molecule has 0 fully saturated rings. The Balaban J connectivity index is 1.41. The third-order valence-electron chi connectivity index (χ3n) is 4.13. The first-order valence-electron chi connectivity index (χ1n) is 8.48. The molecule has 0 saturated carbocycles. The molecule has 28 heavy (non-hydrogen) atoms. The zero-order valence-corrected chi connectivity index (χ0v) is 15.5. The van der Waals surface area contributed by atoms with Crippen LogP contribution < -0.4 is 11.2 Å². The molecule has 0 atom stereocenters. The molecule has 0 unspecified atom stereocenters. The van der Waals surface area contributed by atoms with Gasteiger partial charge in [0.2, 0.25) is 11.1 Å². The molecule has 0 saturated heterocycles. The average Bonchev–Trinajstić information content (AvgIpc) is 3.07. The number of hydrogen-bond donors (Lipinski definition) is 2. The Kier molecular flexibility index (Phi) is 4.94. The number of nitrogens with one attached hydrogen (secondary N) is 1. The van der Waals surface area contributed by atoms with Crippen molar-refractivity contribution in [1.82, 2.24) is 14.9 Å². The molecule has 140 valence electrons. The number of rotatable bonds is 5. The van der Waals surface area contributed by atoms with Gasteiger partial charge in [-0.1, -0.05) is 42.1 Å². The molecular formula is C20H16FN5OS. The number of nitrogens with zero attached hydrogens (tertiary/aromatic N) is 3. The van der Waals surface area contributed by atoms with Crippen LogP contribution in [0.5, 0.6) is 0 Å². The molecule has 0 spiro atoms. The zero-order valence-electron chi connectivity index (χ0n) is 14.7. The second-order valence-corrected chi connectivity index (χ2v) is 7.02. The van der Waals surface area contributed by atoms with Crippen LogP contribution in [0.15, 0.2) is 71.9 Å². The highest BCUT2D eigenvalue weighted by molar-refractivity contribution is 7.99. The summed E-state index contributed by atoms with van der Waals surface area (Å²) in [6.45, 7) is 0. The van der Waals surface area contributed by atoms with Gasteiger partial charge in [0.05, 0.1) is 5.75 Å². The van der Waals surface area contributed by atoms with Crippen LogP contribution in [0.1, 0.15) is 0 Å². The Morgan fingerprint density at radius 2 is 1.79 bits per heavy atom. The van der Waals surface area contributed by atoms with Crippen molar-refractivity contribution in [2.24, 2.45) is 0 Å². The first kappa shape index (κ1) is 18.0. The van der Waals surface area contributed by atoms with E-state index in [1.807, 2.05) is 42.5 Å². The van der Waals surface area contributed by atoms with Crippen LogP contribution in [-0.4, -0.2) is 26.5 Å². The number of anilines is 1. The topological polar surface area (TPSA) is 85.8 Å². The molecule has 3 N–H and O–H groups in total. The van der Waals surface area contributed by atoms with E-state index < -0.39 is 0 Å². The third-order valence-corrected chi connectivity index (χ3v) is 5.08. The van der Waals surface area contributed by atoms with E-state index in [1.54, 1.807) is 12.1 Å². The quantitative estimate of drug-likeness (QED) is 0.399. The lowest BCUT2D eigenvalue weighted by molar-refractivity contribution is -0.113. The largest absolute Gasteiger partial charge is 0.335 e. The summed E-state index contributed by atoms with van der Waals surface area (Å²) in [4.78, 5) is 12.3. The fourth-order valence-corrected chi connectivity index (χ4v) is 3.42. The van der Waals surface area contributed by atoms with Crippen LogP contribution in [0.4, 0.5) is 10.1 Å². The minimum atomic E-state index is -0.341. The number of fused-ring (bicyclic) bond motifs is 1. The van der Waals surface area contributed by atoms with Gasteiger partial charge < -0.3 is 11.2 Å². The van der Waals surface area contributed by atoms with Crippen LogP contribution in [0.3, 0.4) is 0 Å². The molecule has 0 radical (unpaired) electrons. The number of benzene rings is 3. The number of aromatic nitrogens is 3. The van der Waals surface area contributed by atoms with Crippen molar-refractivity contribution >= 4 is 34.1 Å². The molecule has 6 nitrogen and oxygen atoms in total. The van der Waals surface area contributed by atoms with Crippen LogP contribution in [0.2, 0.25) is 0 Å². The van der Waals surface area contributed by atoms with Gasteiger partial charge in [-0.15, -0.1) is 10.2 Å². The Morgan fingerprint density at radius 3 is 2.57 bits per heavy atom. The molecular weight excluding hydrogens is 377 g/mol. The number of nitrogens with two attached hydrogens (primary N) is 1. The minimum Gasteiger partial charge on any atom is -0.335 e. The maximum atomic E-state index is 13.1. The van der Waals surface area contributed by atoms with Gasteiger partial charge in [-0.05, 0) is 47.2 Å². The summed E-state index contributed by atoms with van der Waals surface area (Å²) in [5.74, 6) is 6.04.